The van der Waals surface area contributed by atoms with Crippen molar-refractivity contribution in [3.63, 3.8) is 0 Å². The van der Waals surface area contributed by atoms with E-state index in [0.717, 1.165) is 0 Å². The van der Waals surface area contributed by atoms with Gasteiger partial charge < -0.3 is 16.2 Å². The lowest BCUT2D eigenvalue weighted by atomic mass is 10.1. The molecule has 0 aliphatic rings. The number of benzene rings is 2. The van der Waals surface area contributed by atoms with Crippen LogP contribution in [0.2, 0.25) is 10.0 Å². The van der Waals surface area contributed by atoms with Crippen LogP contribution < -0.4 is 11.1 Å². The number of halogens is 3. The molecule has 8 heteroatoms. The average molecular weight is 375 g/mol. The summed E-state index contributed by atoms with van der Waals surface area (Å²) in [6, 6.07) is 10.2. The molecule has 1 unspecified atom stereocenters. The van der Waals surface area contributed by atoms with E-state index >= 15 is 0 Å². The summed E-state index contributed by atoms with van der Waals surface area (Å²) in [5, 5.41) is 20.4. The summed E-state index contributed by atoms with van der Waals surface area (Å²) >= 11 is 11.8. The maximum atomic E-state index is 11.5. The Morgan fingerprint density at radius 1 is 1.13 bits per heavy atom. The standard InChI is InChI=1S/C15H13Cl2N3O2.ClH/c16-10-5-9(6-11(17)7-10)13(15(21)22)20-12-3-1-8(2-4-12)14(18)19;/h1-7,13,20H,(H3,18,19)(H,21,22);1H. The van der Waals surface area contributed by atoms with Gasteiger partial charge in [0, 0.05) is 21.3 Å². The third-order valence-corrected chi connectivity index (χ3v) is 3.41. The molecule has 0 radical (unpaired) electrons. The number of anilines is 1. The Morgan fingerprint density at radius 2 is 1.65 bits per heavy atom. The van der Waals surface area contributed by atoms with E-state index in [0.29, 0.717) is 26.9 Å². The van der Waals surface area contributed by atoms with Crippen LogP contribution in [0.4, 0.5) is 5.69 Å². The predicted molar refractivity (Wildman–Crippen MR) is 95.2 cm³/mol. The lowest BCUT2D eigenvalue weighted by molar-refractivity contribution is -0.138. The van der Waals surface area contributed by atoms with Gasteiger partial charge in [0.05, 0.1) is 0 Å². The first kappa shape index (κ1) is 19.1. The monoisotopic (exact) mass is 373 g/mol. The van der Waals surface area contributed by atoms with Crippen molar-refractivity contribution in [3.8, 4) is 0 Å². The van der Waals surface area contributed by atoms with Gasteiger partial charge in [0.15, 0.2) is 6.04 Å². The lowest BCUT2D eigenvalue weighted by Crippen LogP contribution is -2.20. The topological polar surface area (TPSA) is 99.2 Å². The van der Waals surface area contributed by atoms with Gasteiger partial charge in [0.2, 0.25) is 0 Å². The van der Waals surface area contributed by atoms with Gasteiger partial charge in [-0.3, -0.25) is 5.41 Å². The van der Waals surface area contributed by atoms with Crippen LogP contribution in [-0.4, -0.2) is 16.9 Å². The SMILES string of the molecule is Cl.N=C(N)c1ccc(NC(C(=O)O)c2cc(Cl)cc(Cl)c2)cc1. The molecule has 122 valence electrons. The quantitative estimate of drug-likeness (QED) is 0.470. The highest BCUT2D eigenvalue weighted by atomic mass is 35.5. The second-order valence-electron chi connectivity index (χ2n) is 4.61. The van der Waals surface area contributed by atoms with E-state index < -0.39 is 12.0 Å². The van der Waals surface area contributed by atoms with E-state index in [1.165, 1.54) is 6.07 Å². The maximum absolute atomic E-state index is 11.5. The predicted octanol–water partition coefficient (Wildman–Crippen LogP) is 3.94. The Hall–Kier alpha value is -1.95. The van der Waals surface area contributed by atoms with Crippen LogP contribution in [0.5, 0.6) is 0 Å². The number of nitrogens with one attached hydrogen (secondary N) is 2. The van der Waals surface area contributed by atoms with Crippen molar-refractivity contribution in [2.75, 3.05) is 5.32 Å². The first-order chi connectivity index (χ1) is 10.4. The highest BCUT2D eigenvalue weighted by Crippen LogP contribution is 2.26. The molecular weight excluding hydrogens is 361 g/mol. The summed E-state index contributed by atoms with van der Waals surface area (Å²) in [5.41, 5.74) is 6.96. The van der Waals surface area contributed by atoms with Crippen LogP contribution in [0.3, 0.4) is 0 Å². The third-order valence-electron chi connectivity index (χ3n) is 2.97. The van der Waals surface area contributed by atoms with Crippen LogP contribution in [-0.2, 0) is 4.79 Å². The number of carboxylic acid groups (broad SMARTS) is 1. The van der Waals surface area contributed by atoms with Gasteiger partial charge in [0.1, 0.15) is 5.84 Å². The number of carboxylic acids is 1. The van der Waals surface area contributed by atoms with Crippen molar-refractivity contribution in [1.29, 1.82) is 5.41 Å². The molecule has 2 aromatic rings. The second kappa shape index (κ2) is 8.06. The number of amidine groups is 1. The largest absolute Gasteiger partial charge is 0.479 e. The van der Waals surface area contributed by atoms with Crippen LogP contribution in [0.1, 0.15) is 17.2 Å². The van der Waals surface area contributed by atoms with Crippen molar-refractivity contribution in [3.05, 3.63) is 63.6 Å². The smallest absolute Gasteiger partial charge is 0.330 e. The van der Waals surface area contributed by atoms with Gasteiger partial charge in [-0.2, -0.15) is 0 Å². The van der Waals surface area contributed by atoms with Crippen molar-refractivity contribution in [2.24, 2.45) is 5.73 Å². The van der Waals surface area contributed by atoms with Crippen molar-refractivity contribution in [2.45, 2.75) is 6.04 Å². The number of rotatable bonds is 5. The number of hydrogen-bond donors (Lipinski definition) is 4. The summed E-state index contributed by atoms with van der Waals surface area (Å²) in [4.78, 5) is 11.5. The fraction of sp³-hybridized carbons (Fsp3) is 0.0667. The third kappa shape index (κ3) is 5.03. The molecule has 0 aliphatic carbocycles. The van der Waals surface area contributed by atoms with Crippen LogP contribution in [0.15, 0.2) is 42.5 Å². The van der Waals surface area contributed by atoms with Gasteiger partial charge in [-0.05, 0) is 48.0 Å². The van der Waals surface area contributed by atoms with E-state index in [4.69, 9.17) is 34.3 Å². The molecule has 0 saturated heterocycles. The highest BCUT2D eigenvalue weighted by Gasteiger charge is 2.20. The number of hydrogen-bond acceptors (Lipinski definition) is 3. The molecular formula is C15H14Cl3N3O2. The van der Waals surface area contributed by atoms with Crippen molar-refractivity contribution in [1.82, 2.24) is 0 Å². The zero-order valence-electron chi connectivity index (χ0n) is 11.7. The Bertz CT molecular complexity index is 700. The van der Waals surface area contributed by atoms with Gasteiger partial charge in [-0.15, -0.1) is 12.4 Å². The molecule has 0 aromatic heterocycles. The zero-order chi connectivity index (χ0) is 16.3. The zero-order valence-corrected chi connectivity index (χ0v) is 14.0. The minimum Gasteiger partial charge on any atom is -0.479 e. The fourth-order valence-corrected chi connectivity index (χ4v) is 2.49. The van der Waals surface area contributed by atoms with Gasteiger partial charge in [0.25, 0.3) is 0 Å². The van der Waals surface area contributed by atoms with Gasteiger partial charge in [-0.25, -0.2) is 4.79 Å². The number of nitrogen functional groups attached to an aromatic ring is 1. The van der Waals surface area contributed by atoms with Crippen molar-refractivity contribution < 1.29 is 9.90 Å². The Kier molecular flexibility index (Phi) is 6.69. The fourth-order valence-electron chi connectivity index (χ4n) is 1.94. The first-order valence-electron chi connectivity index (χ1n) is 6.26. The number of aliphatic carboxylic acids is 1. The Labute approximate surface area is 149 Å². The number of carbonyl (C=O) groups is 1. The summed E-state index contributed by atoms with van der Waals surface area (Å²) < 4.78 is 0. The molecule has 0 fully saturated rings. The van der Waals surface area contributed by atoms with E-state index in [9.17, 15) is 9.90 Å². The molecule has 0 heterocycles. The summed E-state index contributed by atoms with van der Waals surface area (Å²) in [5.74, 6) is -1.11. The molecule has 0 aliphatic heterocycles. The molecule has 0 saturated carbocycles. The molecule has 2 aromatic carbocycles. The molecule has 0 spiro atoms. The lowest BCUT2D eigenvalue weighted by Gasteiger charge is -2.17. The Morgan fingerprint density at radius 3 is 2.09 bits per heavy atom. The first-order valence-corrected chi connectivity index (χ1v) is 7.02. The van der Waals surface area contributed by atoms with Crippen LogP contribution >= 0.6 is 35.6 Å². The van der Waals surface area contributed by atoms with Gasteiger partial charge in [-0.1, -0.05) is 23.2 Å². The number of nitrogens with two attached hydrogens (primary N) is 1. The molecule has 0 amide bonds. The van der Waals surface area contributed by atoms with E-state index in [-0.39, 0.29) is 18.2 Å². The maximum Gasteiger partial charge on any atom is 0.330 e. The van der Waals surface area contributed by atoms with Gasteiger partial charge >= 0.3 is 5.97 Å². The minimum atomic E-state index is -1.06. The summed E-state index contributed by atoms with van der Waals surface area (Å²) in [7, 11) is 0. The average Bonchev–Trinajstić information content (AvgIpc) is 2.43. The van der Waals surface area contributed by atoms with Crippen molar-refractivity contribution >= 4 is 53.1 Å². The van der Waals surface area contributed by atoms with E-state index in [1.54, 1.807) is 36.4 Å². The second-order valence-corrected chi connectivity index (χ2v) is 5.48. The Balaban J connectivity index is 0.00000264. The molecule has 1 atom stereocenters. The highest BCUT2D eigenvalue weighted by molar-refractivity contribution is 6.34. The minimum absolute atomic E-state index is 0. The summed E-state index contributed by atoms with van der Waals surface area (Å²) in [6.07, 6.45) is 0. The van der Waals surface area contributed by atoms with E-state index in [2.05, 4.69) is 5.32 Å². The van der Waals surface area contributed by atoms with Crippen LogP contribution in [0, 0.1) is 5.41 Å². The molecule has 23 heavy (non-hydrogen) atoms. The molecule has 5 N–H and O–H groups in total. The summed E-state index contributed by atoms with van der Waals surface area (Å²) in [6.45, 7) is 0. The normalized spacial score (nSPS) is 11.2. The molecule has 0 bridgehead atoms. The molecule has 5 nitrogen and oxygen atoms in total. The van der Waals surface area contributed by atoms with Crippen LogP contribution in [0.25, 0.3) is 0 Å². The molecule has 2 rings (SSSR count). The van der Waals surface area contributed by atoms with E-state index in [1.807, 2.05) is 0 Å².